The monoisotopic (exact) mass is 378 g/mol. The quantitative estimate of drug-likeness (QED) is 0.607. The lowest BCUT2D eigenvalue weighted by molar-refractivity contribution is 0.0941. The van der Waals surface area contributed by atoms with Crippen molar-refractivity contribution < 1.29 is 14.3 Å². The highest BCUT2D eigenvalue weighted by Gasteiger charge is 2.10. The van der Waals surface area contributed by atoms with Crippen LogP contribution < -0.4 is 19.7 Å². The summed E-state index contributed by atoms with van der Waals surface area (Å²) in [5.74, 6) is 1.84. The summed E-state index contributed by atoms with van der Waals surface area (Å²) in [5.41, 5.74) is 1.25. The number of aromatic nitrogens is 2. The minimum absolute atomic E-state index is 0.259. The molecule has 1 heterocycles. The van der Waals surface area contributed by atoms with Crippen LogP contribution in [-0.4, -0.2) is 43.2 Å². The van der Waals surface area contributed by atoms with Gasteiger partial charge in [0.2, 0.25) is 0 Å². The Morgan fingerprint density at radius 2 is 1.71 bits per heavy atom. The van der Waals surface area contributed by atoms with Crippen LogP contribution in [0.25, 0.3) is 0 Å². The number of anilines is 2. The SMILES string of the molecule is COc1ccc(OCCNC(=O)c2cnc(N(C)c3ccccc3)cn2)cc1. The molecular formula is C21H22N4O3. The van der Waals surface area contributed by atoms with Gasteiger partial charge in [0.05, 0.1) is 26.0 Å². The van der Waals surface area contributed by atoms with Gasteiger partial charge in [-0.25, -0.2) is 9.97 Å². The van der Waals surface area contributed by atoms with Gasteiger partial charge >= 0.3 is 0 Å². The number of nitrogens with one attached hydrogen (secondary N) is 1. The van der Waals surface area contributed by atoms with Gasteiger partial charge in [0, 0.05) is 12.7 Å². The third-order valence-electron chi connectivity index (χ3n) is 4.07. The van der Waals surface area contributed by atoms with Crippen molar-refractivity contribution in [1.82, 2.24) is 15.3 Å². The average molecular weight is 378 g/mol. The lowest BCUT2D eigenvalue weighted by atomic mass is 10.3. The van der Waals surface area contributed by atoms with Crippen molar-refractivity contribution in [3.05, 3.63) is 72.7 Å². The standard InChI is InChI=1S/C21H22N4O3/c1-25(16-6-4-3-5-7-16)20-15-23-19(14-24-20)21(26)22-12-13-28-18-10-8-17(27-2)9-11-18/h3-11,14-15H,12-13H2,1-2H3,(H,22,26). The van der Waals surface area contributed by atoms with E-state index < -0.39 is 0 Å². The van der Waals surface area contributed by atoms with Crippen LogP contribution in [0.1, 0.15) is 10.5 Å². The molecular weight excluding hydrogens is 356 g/mol. The number of para-hydroxylation sites is 1. The van der Waals surface area contributed by atoms with Gasteiger partial charge in [0.1, 0.15) is 23.8 Å². The number of nitrogens with zero attached hydrogens (tertiary/aromatic N) is 3. The molecule has 3 rings (SSSR count). The maximum Gasteiger partial charge on any atom is 0.271 e. The second-order valence-electron chi connectivity index (χ2n) is 5.93. The van der Waals surface area contributed by atoms with Crippen molar-refractivity contribution in [1.29, 1.82) is 0 Å². The average Bonchev–Trinajstić information content (AvgIpc) is 2.77. The third-order valence-corrected chi connectivity index (χ3v) is 4.07. The molecule has 0 saturated heterocycles. The molecule has 1 amide bonds. The Labute approximate surface area is 164 Å². The molecule has 2 aromatic carbocycles. The Kier molecular flexibility index (Phi) is 6.41. The largest absolute Gasteiger partial charge is 0.497 e. The second kappa shape index (κ2) is 9.36. The van der Waals surface area contributed by atoms with E-state index in [4.69, 9.17) is 9.47 Å². The Bertz CT molecular complexity index is 884. The second-order valence-corrected chi connectivity index (χ2v) is 5.93. The summed E-state index contributed by atoms with van der Waals surface area (Å²) >= 11 is 0. The Morgan fingerprint density at radius 1 is 1.00 bits per heavy atom. The highest BCUT2D eigenvalue weighted by molar-refractivity contribution is 5.92. The number of carbonyl (C=O) groups excluding carboxylic acids is 1. The van der Waals surface area contributed by atoms with E-state index in [1.807, 2.05) is 66.5 Å². The highest BCUT2D eigenvalue weighted by atomic mass is 16.5. The first-order chi connectivity index (χ1) is 13.7. The smallest absolute Gasteiger partial charge is 0.271 e. The Morgan fingerprint density at radius 3 is 2.36 bits per heavy atom. The van der Waals surface area contributed by atoms with E-state index in [0.717, 1.165) is 11.4 Å². The topological polar surface area (TPSA) is 76.6 Å². The summed E-state index contributed by atoms with van der Waals surface area (Å²) in [5, 5.41) is 2.77. The molecule has 0 radical (unpaired) electrons. The molecule has 0 fully saturated rings. The fourth-order valence-corrected chi connectivity index (χ4v) is 2.49. The fraction of sp³-hybridized carbons (Fsp3) is 0.190. The Hall–Kier alpha value is -3.61. The van der Waals surface area contributed by atoms with Gasteiger partial charge < -0.3 is 19.7 Å². The number of carbonyl (C=O) groups is 1. The number of rotatable bonds is 8. The molecule has 3 aromatic rings. The predicted molar refractivity (Wildman–Crippen MR) is 107 cm³/mol. The van der Waals surface area contributed by atoms with Gasteiger partial charge in [0.25, 0.3) is 5.91 Å². The number of amides is 1. The molecule has 0 saturated carbocycles. The lowest BCUT2D eigenvalue weighted by Gasteiger charge is -2.17. The summed E-state index contributed by atoms with van der Waals surface area (Å²) < 4.78 is 10.7. The zero-order chi connectivity index (χ0) is 19.8. The van der Waals surface area contributed by atoms with Crippen LogP contribution >= 0.6 is 0 Å². The number of benzene rings is 2. The van der Waals surface area contributed by atoms with Crippen LogP contribution in [0.5, 0.6) is 11.5 Å². The normalized spacial score (nSPS) is 10.2. The maximum atomic E-state index is 12.2. The number of methoxy groups -OCH3 is 1. The molecule has 7 nitrogen and oxygen atoms in total. The molecule has 0 aliphatic heterocycles. The van der Waals surface area contributed by atoms with Crippen LogP contribution in [0.2, 0.25) is 0 Å². The predicted octanol–water partition coefficient (Wildman–Crippen LogP) is 3.06. The number of ether oxygens (including phenoxy) is 2. The molecule has 1 N–H and O–H groups in total. The molecule has 0 unspecified atom stereocenters. The molecule has 28 heavy (non-hydrogen) atoms. The van der Waals surface area contributed by atoms with Crippen molar-refractivity contribution in [3.63, 3.8) is 0 Å². The Balaban J connectivity index is 1.47. The van der Waals surface area contributed by atoms with E-state index in [1.165, 1.54) is 6.20 Å². The van der Waals surface area contributed by atoms with Crippen molar-refractivity contribution in [3.8, 4) is 11.5 Å². The molecule has 0 aliphatic carbocycles. The zero-order valence-corrected chi connectivity index (χ0v) is 15.8. The molecule has 0 atom stereocenters. The van der Waals surface area contributed by atoms with Gasteiger partial charge in [-0.3, -0.25) is 4.79 Å². The van der Waals surface area contributed by atoms with E-state index in [-0.39, 0.29) is 11.6 Å². The van der Waals surface area contributed by atoms with Gasteiger partial charge in [0.15, 0.2) is 5.82 Å². The fourth-order valence-electron chi connectivity index (χ4n) is 2.49. The van der Waals surface area contributed by atoms with Crippen LogP contribution in [0.4, 0.5) is 11.5 Å². The lowest BCUT2D eigenvalue weighted by Crippen LogP contribution is -2.29. The zero-order valence-electron chi connectivity index (χ0n) is 15.8. The number of hydrogen-bond donors (Lipinski definition) is 1. The summed E-state index contributed by atoms with van der Waals surface area (Å²) in [6, 6.07) is 17.1. The van der Waals surface area contributed by atoms with E-state index in [9.17, 15) is 4.79 Å². The van der Waals surface area contributed by atoms with Crippen molar-refractivity contribution >= 4 is 17.4 Å². The van der Waals surface area contributed by atoms with E-state index in [2.05, 4.69) is 15.3 Å². The van der Waals surface area contributed by atoms with Gasteiger partial charge in [-0.05, 0) is 36.4 Å². The maximum absolute atomic E-state index is 12.2. The summed E-state index contributed by atoms with van der Waals surface area (Å²) in [7, 11) is 3.51. The van der Waals surface area contributed by atoms with E-state index >= 15 is 0 Å². The van der Waals surface area contributed by atoms with Gasteiger partial charge in [-0.2, -0.15) is 0 Å². The summed E-state index contributed by atoms with van der Waals surface area (Å²) in [6.45, 7) is 0.707. The minimum atomic E-state index is -0.292. The minimum Gasteiger partial charge on any atom is -0.497 e. The van der Waals surface area contributed by atoms with Crippen molar-refractivity contribution in [2.45, 2.75) is 0 Å². The molecule has 1 aromatic heterocycles. The van der Waals surface area contributed by atoms with Crippen molar-refractivity contribution in [2.75, 3.05) is 32.2 Å². The van der Waals surface area contributed by atoms with Crippen molar-refractivity contribution in [2.24, 2.45) is 0 Å². The van der Waals surface area contributed by atoms with Crippen LogP contribution in [-0.2, 0) is 0 Å². The summed E-state index contributed by atoms with van der Waals surface area (Å²) in [4.78, 5) is 22.6. The van der Waals surface area contributed by atoms with Gasteiger partial charge in [-0.1, -0.05) is 18.2 Å². The highest BCUT2D eigenvalue weighted by Crippen LogP contribution is 2.20. The van der Waals surface area contributed by atoms with Gasteiger partial charge in [-0.15, -0.1) is 0 Å². The first-order valence-corrected chi connectivity index (χ1v) is 8.83. The third kappa shape index (κ3) is 4.97. The molecule has 144 valence electrons. The van der Waals surface area contributed by atoms with Crippen LogP contribution in [0.15, 0.2) is 67.0 Å². The first kappa shape index (κ1) is 19.2. The van der Waals surface area contributed by atoms with Crippen LogP contribution in [0, 0.1) is 0 Å². The molecule has 0 bridgehead atoms. The van der Waals surface area contributed by atoms with E-state index in [0.29, 0.717) is 24.7 Å². The number of hydrogen-bond acceptors (Lipinski definition) is 6. The molecule has 0 aliphatic rings. The van der Waals surface area contributed by atoms with Crippen LogP contribution in [0.3, 0.4) is 0 Å². The first-order valence-electron chi connectivity index (χ1n) is 8.83. The molecule has 7 heteroatoms. The van der Waals surface area contributed by atoms with E-state index in [1.54, 1.807) is 13.3 Å². The summed E-state index contributed by atoms with van der Waals surface area (Å²) in [6.07, 6.45) is 3.05. The molecule has 0 spiro atoms.